The fraction of sp³-hybridized carbons (Fsp3) is 0.520. The number of unbranched alkanes of at least 4 members (excludes halogenated alkanes) is 1. The van der Waals surface area contributed by atoms with Gasteiger partial charge >= 0.3 is 0 Å². The van der Waals surface area contributed by atoms with Crippen molar-refractivity contribution in [2.75, 3.05) is 6.61 Å². The molecule has 6 nitrogen and oxygen atoms in total. The van der Waals surface area contributed by atoms with Crippen LogP contribution >= 0.6 is 11.6 Å². The standard InChI is InChI=1S/C25H28ClF2NO5S2/c1-2-3-4-17-13-18-19-14-34-24-21(28)10-9-20(27)23(24)25(19,12-11-22(18)29-36(17,32)33)35(30,31)16-7-5-15(26)6-8-16/h5-10,17-19,22,29H,2-4,11-14H2,1H3/t17-,18+,19+,22-,25+/m1/s1. The smallest absolute Gasteiger partial charge is 0.214 e. The summed E-state index contributed by atoms with van der Waals surface area (Å²) in [6.07, 6.45) is 2.30. The van der Waals surface area contributed by atoms with E-state index >= 15 is 4.39 Å². The van der Waals surface area contributed by atoms with Gasteiger partial charge < -0.3 is 4.74 Å². The molecule has 1 saturated heterocycles. The number of fused-ring (bicyclic) bond motifs is 5. The Labute approximate surface area is 215 Å². The van der Waals surface area contributed by atoms with Crippen LogP contribution in [0.1, 0.15) is 51.0 Å². The normalized spacial score (nSPS) is 31.0. The SMILES string of the molecule is CCCC[C@@H]1C[C@@H]2[C@@H](CC[C@@]3(S(=O)(=O)c4ccc(Cl)cc4)c4c(F)ccc(F)c4OC[C@@H]23)NS1(=O)=O. The molecule has 2 aromatic rings. The summed E-state index contributed by atoms with van der Waals surface area (Å²) >= 11 is 6.00. The molecule has 1 saturated carbocycles. The molecule has 1 N–H and O–H groups in total. The maximum Gasteiger partial charge on any atom is 0.214 e. The van der Waals surface area contributed by atoms with Gasteiger partial charge in [-0.15, -0.1) is 0 Å². The van der Waals surface area contributed by atoms with Gasteiger partial charge in [-0.2, -0.15) is 0 Å². The quantitative estimate of drug-likeness (QED) is 0.559. The maximum atomic E-state index is 15.5. The monoisotopic (exact) mass is 559 g/mol. The van der Waals surface area contributed by atoms with Crippen molar-refractivity contribution in [3.05, 3.63) is 58.6 Å². The maximum absolute atomic E-state index is 15.5. The van der Waals surface area contributed by atoms with E-state index in [0.29, 0.717) is 17.9 Å². The Hall–Kier alpha value is -1.75. The highest BCUT2D eigenvalue weighted by Gasteiger charge is 2.64. The van der Waals surface area contributed by atoms with Crippen LogP contribution in [0.5, 0.6) is 5.75 Å². The molecule has 2 fully saturated rings. The minimum Gasteiger partial charge on any atom is -0.490 e. The van der Waals surface area contributed by atoms with Gasteiger partial charge in [-0.1, -0.05) is 31.4 Å². The second kappa shape index (κ2) is 9.22. The lowest BCUT2D eigenvalue weighted by Gasteiger charge is -2.54. The number of benzene rings is 2. The fourth-order valence-corrected chi connectivity index (χ4v) is 10.8. The number of ether oxygens (including phenoxy) is 1. The average molecular weight is 560 g/mol. The third kappa shape index (κ3) is 3.87. The largest absolute Gasteiger partial charge is 0.490 e. The number of hydrogen-bond donors (Lipinski definition) is 1. The summed E-state index contributed by atoms with van der Waals surface area (Å²) in [6, 6.07) is 6.99. The van der Waals surface area contributed by atoms with Crippen LogP contribution in [0.4, 0.5) is 8.78 Å². The Morgan fingerprint density at radius 1 is 1.14 bits per heavy atom. The minimum absolute atomic E-state index is 0.0502. The first-order valence-electron chi connectivity index (χ1n) is 12.2. The van der Waals surface area contributed by atoms with E-state index in [0.717, 1.165) is 18.6 Å². The number of rotatable bonds is 5. The van der Waals surface area contributed by atoms with Crippen LogP contribution in [-0.2, 0) is 24.6 Å². The molecule has 36 heavy (non-hydrogen) atoms. The zero-order valence-corrected chi connectivity index (χ0v) is 22.1. The summed E-state index contributed by atoms with van der Waals surface area (Å²) < 4.78 is 91.8. The molecule has 1 aliphatic carbocycles. The van der Waals surface area contributed by atoms with Crippen LogP contribution < -0.4 is 9.46 Å². The second-order valence-corrected chi connectivity index (χ2v) is 14.6. The number of sulfone groups is 1. The molecular weight excluding hydrogens is 532 g/mol. The van der Waals surface area contributed by atoms with Crippen molar-refractivity contribution >= 4 is 31.5 Å². The van der Waals surface area contributed by atoms with E-state index in [9.17, 15) is 21.2 Å². The third-order valence-corrected chi connectivity index (χ3v) is 12.9. The van der Waals surface area contributed by atoms with Crippen LogP contribution in [0.3, 0.4) is 0 Å². The zero-order chi connectivity index (χ0) is 25.9. The van der Waals surface area contributed by atoms with Gasteiger partial charge in [0.1, 0.15) is 10.6 Å². The van der Waals surface area contributed by atoms with E-state index in [1.807, 2.05) is 6.92 Å². The Kier molecular flexibility index (Phi) is 6.63. The average Bonchev–Trinajstić information content (AvgIpc) is 2.84. The number of hydrogen-bond acceptors (Lipinski definition) is 5. The molecule has 2 heterocycles. The Morgan fingerprint density at radius 3 is 2.53 bits per heavy atom. The van der Waals surface area contributed by atoms with E-state index in [1.54, 1.807) is 0 Å². The molecule has 0 radical (unpaired) electrons. The summed E-state index contributed by atoms with van der Waals surface area (Å²) in [5.74, 6) is -3.29. The lowest BCUT2D eigenvalue weighted by atomic mass is 9.64. The Morgan fingerprint density at radius 2 is 1.83 bits per heavy atom. The first-order chi connectivity index (χ1) is 17.0. The molecule has 0 unspecified atom stereocenters. The molecule has 5 rings (SSSR count). The molecule has 2 aliphatic heterocycles. The third-order valence-electron chi connectivity index (χ3n) is 8.12. The summed E-state index contributed by atoms with van der Waals surface area (Å²) in [4.78, 5) is -0.0502. The van der Waals surface area contributed by atoms with Crippen molar-refractivity contribution in [3.8, 4) is 5.75 Å². The highest BCUT2D eigenvalue weighted by molar-refractivity contribution is 7.92. The summed E-state index contributed by atoms with van der Waals surface area (Å²) in [6.45, 7) is 1.81. The Balaban J connectivity index is 1.70. The lowest BCUT2D eigenvalue weighted by molar-refractivity contribution is 0.0488. The highest BCUT2D eigenvalue weighted by Crippen LogP contribution is 2.59. The van der Waals surface area contributed by atoms with Crippen LogP contribution in [-0.4, -0.2) is 34.7 Å². The van der Waals surface area contributed by atoms with E-state index in [4.69, 9.17) is 16.3 Å². The van der Waals surface area contributed by atoms with Crippen molar-refractivity contribution in [3.63, 3.8) is 0 Å². The van der Waals surface area contributed by atoms with Crippen LogP contribution in [0.15, 0.2) is 41.3 Å². The summed E-state index contributed by atoms with van der Waals surface area (Å²) in [7, 11) is -7.87. The molecular formula is C25H28ClF2NO5S2. The first-order valence-corrected chi connectivity index (χ1v) is 15.6. The van der Waals surface area contributed by atoms with Gasteiger partial charge in [0.15, 0.2) is 21.4 Å². The van der Waals surface area contributed by atoms with Crippen LogP contribution in [0, 0.1) is 23.5 Å². The van der Waals surface area contributed by atoms with Gasteiger partial charge in [0, 0.05) is 17.0 Å². The predicted octanol–water partition coefficient (Wildman–Crippen LogP) is 4.96. The van der Waals surface area contributed by atoms with Gasteiger partial charge in [0.25, 0.3) is 0 Å². The molecule has 11 heteroatoms. The van der Waals surface area contributed by atoms with E-state index < -0.39 is 59.4 Å². The molecule has 0 bridgehead atoms. The van der Waals surface area contributed by atoms with Crippen LogP contribution in [0.2, 0.25) is 5.02 Å². The van der Waals surface area contributed by atoms with Gasteiger partial charge in [-0.05, 0) is 68.0 Å². The number of sulfonamides is 1. The van der Waals surface area contributed by atoms with Crippen molar-refractivity contribution < 1.29 is 30.4 Å². The van der Waals surface area contributed by atoms with E-state index in [2.05, 4.69) is 4.72 Å². The minimum atomic E-state index is -4.29. The molecule has 5 atom stereocenters. The summed E-state index contributed by atoms with van der Waals surface area (Å²) in [5.41, 5.74) is -0.300. The zero-order valence-electron chi connectivity index (χ0n) is 19.7. The van der Waals surface area contributed by atoms with Crippen molar-refractivity contribution in [1.29, 1.82) is 0 Å². The summed E-state index contributed by atoms with van der Waals surface area (Å²) in [5, 5.41) is -0.344. The number of halogens is 3. The Bertz CT molecular complexity index is 1380. The van der Waals surface area contributed by atoms with Crippen molar-refractivity contribution in [2.45, 2.75) is 66.4 Å². The highest BCUT2D eigenvalue weighted by atomic mass is 35.5. The molecule has 2 aromatic carbocycles. The molecule has 0 aromatic heterocycles. The fourth-order valence-electron chi connectivity index (χ4n) is 6.42. The van der Waals surface area contributed by atoms with Gasteiger partial charge in [0.05, 0.1) is 22.3 Å². The van der Waals surface area contributed by atoms with Crippen molar-refractivity contribution in [1.82, 2.24) is 4.72 Å². The molecule has 0 amide bonds. The van der Waals surface area contributed by atoms with E-state index in [-0.39, 0.29) is 42.1 Å². The van der Waals surface area contributed by atoms with Gasteiger partial charge in [-0.25, -0.2) is 30.3 Å². The molecule has 0 spiro atoms. The van der Waals surface area contributed by atoms with Gasteiger partial charge in [-0.3, -0.25) is 0 Å². The van der Waals surface area contributed by atoms with Crippen molar-refractivity contribution in [2.24, 2.45) is 11.8 Å². The molecule has 3 aliphatic rings. The second-order valence-electron chi connectivity index (χ2n) is 9.97. The van der Waals surface area contributed by atoms with Gasteiger partial charge in [0.2, 0.25) is 10.0 Å². The van der Waals surface area contributed by atoms with E-state index in [1.165, 1.54) is 24.3 Å². The van der Waals surface area contributed by atoms with Crippen LogP contribution in [0.25, 0.3) is 0 Å². The lowest BCUT2D eigenvalue weighted by Crippen LogP contribution is -2.63. The number of nitrogens with one attached hydrogen (secondary N) is 1. The predicted molar refractivity (Wildman–Crippen MR) is 132 cm³/mol. The first kappa shape index (κ1) is 25.9. The topological polar surface area (TPSA) is 89.5 Å². The molecule has 196 valence electrons.